The second kappa shape index (κ2) is 6.90. The van der Waals surface area contributed by atoms with Crippen LogP contribution < -0.4 is 5.32 Å². The fourth-order valence-electron chi connectivity index (χ4n) is 2.88. The molecule has 0 bridgehead atoms. The molecule has 0 atom stereocenters. The third kappa shape index (κ3) is 4.93. The number of hydrogen-bond acceptors (Lipinski definition) is 3. The maximum absolute atomic E-state index is 12.5. The number of ether oxygens (including phenoxy) is 1. The standard InChI is InChI=1S/C13H23F3N2O/c14-13(15,16)11-1-3-12(4-2-11)17-5-6-18-7-9-19-10-8-18/h11-12,17H,1-10H2. The molecule has 0 aromatic heterocycles. The quantitative estimate of drug-likeness (QED) is 0.853. The van der Waals surface area contributed by atoms with Crippen LogP contribution in [0.15, 0.2) is 0 Å². The van der Waals surface area contributed by atoms with Crippen LogP contribution in [0.1, 0.15) is 25.7 Å². The Bertz CT molecular complexity index is 259. The van der Waals surface area contributed by atoms with Crippen molar-refractivity contribution in [1.29, 1.82) is 0 Å². The van der Waals surface area contributed by atoms with Crippen molar-refractivity contribution in [3.05, 3.63) is 0 Å². The minimum absolute atomic E-state index is 0.264. The van der Waals surface area contributed by atoms with Crippen molar-refractivity contribution >= 4 is 0 Å². The molecule has 0 aromatic carbocycles. The van der Waals surface area contributed by atoms with E-state index >= 15 is 0 Å². The summed E-state index contributed by atoms with van der Waals surface area (Å²) in [5.74, 6) is -1.08. The maximum atomic E-state index is 12.5. The van der Waals surface area contributed by atoms with E-state index in [1.54, 1.807) is 0 Å². The van der Waals surface area contributed by atoms with Crippen LogP contribution in [-0.4, -0.2) is 56.5 Å². The molecule has 0 unspecified atom stereocenters. The predicted molar refractivity (Wildman–Crippen MR) is 67.1 cm³/mol. The summed E-state index contributed by atoms with van der Waals surface area (Å²) in [6, 6.07) is 0.264. The highest BCUT2D eigenvalue weighted by molar-refractivity contribution is 4.81. The van der Waals surface area contributed by atoms with E-state index in [2.05, 4.69) is 10.2 Å². The molecule has 2 aliphatic rings. The summed E-state index contributed by atoms with van der Waals surface area (Å²) < 4.78 is 42.8. The van der Waals surface area contributed by atoms with Crippen molar-refractivity contribution in [2.45, 2.75) is 37.9 Å². The van der Waals surface area contributed by atoms with Gasteiger partial charge in [0.15, 0.2) is 0 Å². The average molecular weight is 280 g/mol. The summed E-state index contributed by atoms with van der Waals surface area (Å²) >= 11 is 0. The number of nitrogens with zero attached hydrogens (tertiary/aromatic N) is 1. The van der Waals surface area contributed by atoms with Crippen molar-refractivity contribution in [3.63, 3.8) is 0 Å². The topological polar surface area (TPSA) is 24.5 Å². The first kappa shape index (κ1) is 15.1. The van der Waals surface area contributed by atoms with Gasteiger partial charge in [0.2, 0.25) is 0 Å². The van der Waals surface area contributed by atoms with E-state index in [9.17, 15) is 13.2 Å². The molecule has 6 heteroatoms. The van der Waals surface area contributed by atoms with E-state index < -0.39 is 12.1 Å². The van der Waals surface area contributed by atoms with E-state index in [1.165, 1.54) is 0 Å². The number of nitrogens with one attached hydrogen (secondary N) is 1. The molecule has 112 valence electrons. The zero-order valence-corrected chi connectivity index (χ0v) is 11.2. The average Bonchev–Trinajstić information content (AvgIpc) is 2.39. The van der Waals surface area contributed by atoms with Crippen molar-refractivity contribution in [2.24, 2.45) is 5.92 Å². The third-order valence-corrected chi connectivity index (χ3v) is 4.15. The fraction of sp³-hybridized carbons (Fsp3) is 1.00. The molecule has 2 fully saturated rings. The van der Waals surface area contributed by atoms with E-state index in [-0.39, 0.29) is 18.9 Å². The van der Waals surface area contributed by atoms with E-state index in [4.69, 9.17) is 4.74 Å². The molecule has 0 spiro atoms. The van der Waals surface area contributed by atoms with Gasteiger partial charge in [-0.1, -0.05) is 0 Å². The minimum atomic E-state index is -4.00. The van der Waals surface area contributed by atoms with Crippen LogP contribution in [0.3, 0.4) is 0 Å². The Morgan fingerprint density at radius 1 is 1.05 bits per heavy atom. The highest BCUT2D eigenvalue weighted by Crippen LogP contribution is 2.37. The molecule has 1 N–H and O–H groups in total. The normalized spacial score (nSPS) is 30.5. The molecular formula is C13H23F3N2O. The van der Waals surface area contributed by atoms with Crippen LogP contribution in [0.25, 0.3) is 0 Å². The number of alkyl halides is 3. The molecule has 1 aliphatic carbocycles. The molecular weight excluding hydrogens is 257 g/mol. The summed E-state index contributed by atoms with van der Waals surface area (Å²) in [6.07, 6.45) is -2.16. The van der Waals surface area contributed by atoms with Crippen molar-refractivity contribution in [3.8, 4) is 0 Å². The first-order valence-electron chi connectivity index (χ1n) is 7.16. The Morgan fingerprint density at radius 3 is 2.26 bits per heavy atom. The first-order chi connectivity index (χ1) is 9.05. The molecule has 0 radical (unpaired) electrons. The summed E-state index contributed by atoms with van der Waals surface area (Å²) in [6.45, 7) is 5.32. The Labute approximate surface area is 112 Å². The van der Waals surface area contributed by atoms with Gasteiger partial charge in [0, 0.05) is 32.2 Å². The van der Waals surface area contributed by atoms with Gasteiger partial charge in [0.1, 0.15) is 0 Å². The zero-order chi connectivity index (χ0) is 13.7. The van der Waals surface area contributed by atoms with Gasteiger partial charge in [-0.3, -0.25) is 4.90 Å². The van der Waals surface area contributed by atoms with Crippen LogP contribution in [-0.2, 0) is 4.74 Å². The number of hydrogen-bond donors (Lipinski definition) is 1. The zero-order valence-electron chi connectivity index (χ0n) is 11.2. The summed E-state index contributed by atoms with van der Waals surface area (Å²) in [4.78, 5) is 2.33. The van der Waals surface area contributed by atoms with Crippen LogP contribution in [0.4, 0.5) is 13.2 Å². The predicted octanol–water partition coefficient (Wildman–Crippen LogP) is 2.03. The smallest absolute Gasteiger partial charge is 0.379 e. The highest BCUT2D eigenvalue weighted by Gasteiger charge is 2.41. The van der Waals surface area contributed by atoms with E-state index in [0.29, 0.717) is 12.8 Å². The first-order valence-corrected chi connectivity index (χ1v) is 7.16. The molecule has 0 amide bonds. The van der Waals surface area contributed by atoms with Gasteiger partial charge in [0.25, 0.3) is 0 Å². The van der Waals surface area contributed by atoms with Crippen LogP contribution in [0.2, 0.25) is 0 Å². The molecule has 1 saturated carbocycles. The second-order valence-corrected chi connectivity index (χ2v) is 5.50. The van der Waals surface area contributed by atoms with Gasteiger partial charge in [-0.25, -0.2) is 0 Å². The Hall–Kier alpha value is -0.330. The van der Waals surface area contributed by atoms with E-state index in [1.807, 2.05) is 0 Å². The Balaban J connectivity index is 1.58. The van der Waals surface area contributed by atoms with Crippen molar-refractivity contribution < 1.29 is 17.9 Å². The van der Waals surface area contributed by atoms with E-state index in [0.717, 1.165) is 39.4 Å². The maximum Gasteiger partial charge on any atom is 0.391 e. The number of rotatable bonds is 4. The lowest BCUT2D eigenvalue weighted by molar-refractivity contribution is -0.182. The lowest BCUT2D eigenvalue weighted by atomic mass is 9.85. The van der Waals surface area contributed by atoms with Gasteiger partial charge < -0.3 is 10.1 Å². The summed E-state index contributed by atoms with van der Waals surface area (Å²) in [7, 11) is 0. The van der Waals surface area contributed by atoms with Crippen LogP contribution in [0.5, 0.6) is 0 Å². The number of halogens is 3. The van der Waals surface area contributed by atoms with Crippen LogP contribution in [0, 0.1) is 5.92 Å². The highest BCUT2D eigenvalue weighted by atomic mass is 19.4. The molecule has 3 nitrogen and oxygen atoms in total. The Morgan fingerprint density at radius 2 is 1.68 bits per heavy atom. The third-order valence-electron chi connectivity index (χ3n) is 4.15. The van der Waals surface area contributed by atoms with Crippen molar-refractivity contribution in [1.82, 2.24) is 10.2 Å². The van der Waals surface area contributed by atoms with Gasteiger partial charge in [-0.15, -0.1) is 0 Å². The lowest BCUT2D eigenvalue weighted by Gasteiger charge is -2.31. The van der Waals surface area contributed by atoms with Gasteiger partial charge in [-0.2, -0.15) is 13.2 Å². The SMILES string of the molecule is FC(F)(F)C1CCC(NCCN2CCOCC2)CC1. The van der Waals surface area contributed by atoms with Gasteiger partial charge in [-0.05, 0) is 25.7 Å². The largest absolute Gasteiger partial charge is 0.391 e. The Kier molecular flexibility index (Phi) is 5.47. The summed E-state index contributed by atoms with van der Waals surface area (Å²) in [5.41, 5.74) is 0. The minimum Gasteiger partial charge on any atom is -0.379 e. The monoisotopic (exact) mass is 280 g/mol. The molecule has 2 rings (SSSR count). The second-order valence-electron chi connectivity index (χ2n) is 5.50. The molecule has 0 aromatic rings. The molecule has 19 heavy (non-hydrogen) atoms. The summed E-state index contributed by atoms with van der Waals surface area (Å²) in [5, 5.41) is 3.39. The molecule has 1 heterocycles. The van der Waals surface area contributed by atoms with Gasteiger partial charge >= 0.3 is 6.18 Å². The lowest BCUT2D eigenvalue weighted by Crippen LogP contribution is -2.43. The van der Waals surface area contributed by atoms with Crippen molar-refractivity contribution in [2.75, 3.05) is 39.4 Å². The van der Waals surface area contributed by atoms with Gasteiger partial charge in [0.05, 0.1) is 19.1 Å². The molecule has 1 saturated heterocycles. The van der Waals surface area contributed by atoms with Crippen LogP contribution >= 0.6 is 0 Å². The number of morpholine rings is 1. The fourth-order valence-corrected chi connectivity index (χ4v) is 2.88. The molecule has 1 aliphatic heterocycles.